The predicted molar refractivity (Wildman–Crippen MR) is 247 cm³/mol. The Balaban J connectivity index is 0.937. The van der Waals surface area contributed by atoms with Gasteiger partial charge in [-0.25, -0.2) is 0 Å². The maximum absolute atomic E-state index is 2.40. The maximum Gasteiger partial charge on any atom is 0.0547 e. The number of hydrogen-bond acceptors (Lipinski definition) is 1. The molecule has 0 aliphatic rings. The number of aromatic nitrogens is 1. The lowest BCUT2D eigenvalue weighted by molar-refractivity contribution is 1.18. The molecule has 2 heteroatoms. The number of fused-ring (bicyclic) bond motifs is 5. The van der Waals surface area contributed by atoms with Gasteiger partial charge in [0.1, 0.15) is 0 Å². The summed E-state index contributed by atoms with van der Waals surface area (Å²) in [7, 11) is 0. The van der Waals surface area contributed by atoms with Crippen LogP contribution in [0.2, 0.25) is 0 Å². The molecule has 0 spiro atoms. The van der Waals surface area contributed by atoms with E-state index in [2.05, 4.69) is 240 Å². The maximum atomic E-state index is 2.40. The molecule has 0 aliphatic heterocycles. The average Bonchev–Trinajstić information content (AvgIpc) is 3.62. The van der Waals surface area contributed by atoms with E-state index in [4.69, 9.17) is 0 Å². The molecule has 0 saturated heterocycles. The third kappa shape index (κ3) is 6.00. The number of benzene rings is 10. The Kier molecular flexibility index (Phi) is 8.19. The zero-order chi connectivity index (χ0) is 38.4. The predicted octanol–water partition coefficient (Wildman–Crippen LogP) is 15.6. The number of nitrogens with zero attached hydrogens (tertiary/aromatic N) is 2. The van der Waals surface area contributed by atoms with E-state index >= 15 is 0 Å². The summed E-state index contributed by atoms with van der Waals surface area (Å²) in [6.45, 7) is 0. The second kappa shape index (κ2) is 14.1. The summed E-state index contributed by atoms with van der Waals surface area (Å²) in [4.78, 5) is 2.35. The molecule has 0 fully saturated rings. The smallest absolute Gasteiger partial charge is 0.0547 e. The van der Waals surface area contributed by atoms with Gasteiger partial charge in [-0.05, 0) is 128 Å². The lowest BCUT2D eigenvalue weighted by atomic mass is 10.0. The van der Waals surface area contributed by atoms with Crippen molar-refractivity contribution in [3.05, 3.63) is 231 Å². The van der Waals surface area contributed by atoms with Crippen molar-refractivity contribution in [2.45, 2.75) is 0 Å². The fourth-order valence-corrected chi connectivity index (χ4v) is 8.59. The summed E-state index contributed by atoms with van der Waals surface area (Å²) in [5, 5.41) is 7.56. The van der Waals surface area contributed by atoms with Gasteiger partial charge in [-0.1, -0.05) is 158 Å². The second-order valence-electron chi connectivity index (χ2n) is 15.0. The minimum atomic E-state index is 1.10. The summed E-state index contributed by atoms with van der Waals surface area (Å²) < 4.78 is 2.40. The number of para-hydroxylation sites is 1. The minimum Gasteiger partial charge on any atom is -0.311 e. The molecule has 0 N–H and O–H groups in total. The third-order valence-electron chi connectivity index (χ3n) is 11.6. The van der Waals surface area contributed by atoms with Crippen LogP contribution in [-0.4, -0.2) is 4.57 Å². The third-order valence-corrected chi connectivity index (χ3v) is 11.6. The highest BCUT2D eigenvalue weighted by atomic mass is 15.1. The zero-order valence-electron chi connectivity index (χ0n) is 31.8. The van der Waals surface area contributed by atoms with Crippen LogP contribution >= 0.6 is 0 Å². The van der Waals surface area contributed by atoms with E-state index in [1.54, 1.807) is 0 Å². The molecule has 272 valence electrons. The largest absolute Gasteiger partial charge is 0.311 e. The van der Waals surface area contributed by atoms with Crippen molar-refractivity contribution in [1.29, 1.82) is 0 Å². The SMILES string of the molecule is c1ccc(-c2ccc(N(c3ccc(-c4ccc(-n5c6ccccc6c6cc7ccccc7cc65)cc4)cc3)c3ccc(-c4ccc5ccccc5c4)cc3)cc2)cc1. The quantitative estimate of drug-likeness (QED) is 0.158. The van der Waals surface area contributed by atoms with E-state index in [0.717, 1.165) is 22.7 Å². The van der Waals surface area contributed by atoms with E-state index in [9.17, 15) is 0 Å². The fourth-order valence-electron chi connectivity index (χ4n) is 8.59. The van der Waals surface area contributed by atoms with Gasteiger partial charge in [0.25, 0.3) is 0 Å². The molecule has 0 amide bonds. The molecule has 0 radical (unpaired) electrons. The van der Waals surface area contributed by atoms with Crippen LogP contribution in [0.5, 0.6) is 0 Å². The van der Waals surface area contributed by atoms with Crippen molar-refractivity contribution in [3.8, 4) is 39.1 Å². The van der Waals surface area contributed by atoms with Crippen LogP contribution in [-0.2, 0) is 0 Å². The van der Waals surface area contributed by atoms with Gasteiger partial charge in [-0.15, -0.1) is 0 Å². The fraction of sp³-hybridized carbons (Fsp3) is 0. The van der Waals surface area contributed by atoms with Gasteiger partial charge in [0.2, 0.25) is 0 Å². The molecule has 10 aromatic carbocycles. The van der Waals surface area contributed by atoms with Crippen LogP contribution in [0.25, 0.3) is 82.4 Å². The standard InChI is InChI=1S/C56H38N2/c1-2-10-39(11-3-1)41-20-28-49(29-21-41)57(51-32-26-44(27-33-51)48-19-18-40-12-4-5-13-45(40)36-48)50-30-22-42(23-31-50)43-24-34-52(35-25-43)58-55-17-9-8-16-53(55)54-37-46-14-6-7-15-47(46)38-56(54)58/h1-38H. The first-order valence-electron chi connectivity index (χ1n) is 19.9. The summed E-state index contributed by atoms with van der Waals surface area (Å²) in [5.74, 6) is 0. The van der Waals surface area contributed by atoms with Crippen LogP contribution in [0.4, 0.5) is 17.1 Å². The molecule has 0 bridgehead atoms. The first-order chi connectivity index (χ1) is 28.7. The first kappa shape index (κ1) is 33.6. The van der Waals surface area contributed by atoms with Crippen LogP contribution in [0.15, 0.2) is 231 Å². The van der Waals surface area contributed by atoms with Gasteiger partial charge in [0.15, 0.2) is 0 Å². The molecule has 0 saturated carbocycles. The van der Waals surface area contributed by atoms with Crippen LogP contribution in [0.3, 0.4) is 0 Å². The molecule has 0 unspecified atom stereocenters. The van der Waals surface area contributed by atoms with E-state index in [-0.39, 0.29) is 0 Å². The molecule has 2 nitrogen and oxygen atoms in total. The molecular formula is C56H38N2. The van der Waals surface area contributed by atoms with Crippen molar-refractivity contribution in [2.75, 3.05) is 4.90 Å². The van der Waals surface area contributed by atoms with Crippen molar-refractivity contribution in [2.24, 2.45) is 0 Å². The molecule has 1 aromatic heterocycles. The molecule has 58 heavy (non-hydrogen) atoms. The summed E-state index contributed by atoms with van der Waals surface area (Å²) in [6.07, 6.45) is 0. The number of rotatable bonds is 7. The van der Waals surface area contributed by atoms with Crippen LogP contribution in [0.1, 0.15) is 0 Å². The number of anilines is 3. The van der Waals surface area contributed by atoms with E-state index in [1.165, 1.54) is 76.7 Å². The van der Waals surface area contributed by atoms with Crippen molar-refractivity contribution < 1.29 is 0 Å². The normalized spacial score (nSPS) is 11.4. The summed E-state index contributed by atoms with van der Waals surface area (Å²) in [6, 6.07) is 83.6. The van der Waals surface area contributed by atoms with Gasteiger partial charge in [0.05, 0.1) is 11.0 Å². The highest BCUT2D eigenvalue weighted by molar-refractivity contribution is 6.13. The highest BCUT2D eigenvalue weighted by Gasteiger charge is 2.16. The highest BCUT2D eigenvalue weighted by Crippen LogP contribution is 2.39. The van der Waals surface area contributed by atoms with Gasteiger partial charge < -0.3 is 9.47 Å². The van der Waals surface area contributed by atoms with Crippen LogP contribution < -0.4 is 4.90 Å². The van der Waals surface area contributed by atoms with Gasteiger partial charge in [-0.3, -0.25) is 0 Å². The van der Waals surface area contributed by atoms with Gasteiger partial charge in [0, 0.05) is 33.5 Å². The topological polar surface area (TPSA) is 8.17 Å². The molecule has 1 heterocycles. The lowest BCUT2D eigenvalue weighted by Crippen LogP contribution is -2.09. The van der Waals surface area contributed by atoms with Gasteiger partial charge in [-0.2, -0.15) is 0 Å². The Morgan fingerprint density at radius 3 is 1.29 bits per heavy atom. The molecular weight excluding hydrogens is 701 g/mol. The van der Waals surface area contributed by atoms with E-state index < -0.39 is 0 Å². The Bertz CT molecular complexity index is 3230. The molecule has 11 rings (SSSR count). The molecule has 0 atom stereocenters. The first-order valence-corrected chi connectivity index (χ1v) is 19.9. The molecule has 0 aliphatic carbocycles. The molecule has 11 aromatic rings. The Morgan fingerprint density at radius 2 is 0.690 bits per heavy atom. The van der Waals surface area contributed by atoms with Crippen LogP contribution in [0, 0.1) is 0 Å². The summed E-state index contributed by atoms with van der Waals surface area (Å²) in [5.41, 5.74) is 14.1. The summed E-state index contributed by atoms with van der Waals surface area (Å²) >= 11 is 0. The average molecular weight is 739 g/mol. The Labute approximate surface area is 338 Å². The lowest BCUT2D eigenvalue weighted by Gasteiger charge is -2.26. The Hall–Kier alpha value is -7.68. The van der Waals surface area contributed by atoms with Crippen molar-refractivity contribution in [3.63, 3.8) is 0 Å². The van der Waals surface area contributed by atoms with E-state index in [1.807, 2.05) is 0 Å². The van der Waals surface area contributed by atoms with Gasteiger partial charge >= 0.3 is 0 Å². The monoisotopic (exact) mass is 738 g/mol. The van der Waals surface area contributed by atoms with E-state index in [0.29, 0.717) is 0 Å². The second-order valence-corrected chi connectivity index (χ2v) is 15.0. The Morgan fingerprint density at radius 1 is 0.259 bits per heavy atom. The van der Waals surface area contributed by atoms with Crippen molar-refractivity contribution >= 4 is 60.4 Å². The minimum absolute atomic E-state index is 1.10. The van der Waals surface area contributed by atoms with Crippen molar-refractivity contribution in [1.82, 2.24) is 4.57 Å². The number of hydrogen-bond donors (Lipinski definition) is 0. The zero-order valence-corrected chi connectivity index (χ0v) is 31.8.